The van der Waals surface area contributed by atoms with E-state index in [-0.39, 0.29) is 0 Å². The lowest BCUT2D eigenvalue weighted by molar-refractivity contribution is 0.753. The predicted octanol–water partition coefficient (Wildman–Crippen LogP) is 20.4. The summed E-state index contributed by atoms with van der Waals surface area (Å²) in [5.74, 6) is 0. The molecule has 0 unspecified atom stereocenters. The van der Waals surface area contributed by atoms with Gasteiger partial charge in [0, 0.05) is 39.8 Å². The molecule has 1 spiro atoms. The van der Waals surface area contributed by atoms with Crippen LogP contribution in [0.4, 0.5) is 51.2 Å². The molecule has 78 heavy (non-hydrogen) atoms. The zero-order valence-corrected chi connectivity index (χ0v) is 42.8. The molecule has 0 fully saturated rings. The molecule has 0 bridgehead atoms. The molecule has 1 heterocycles. The van der Waals surface area contributed by atoms with Crippen molar-refractivity contribution in [1.29, 1.82) is 0 Å². The quantitative estimate of drug-likeness (QED) is 0.143. The third kappa shape index (κ3) is 7.35. The van der Waals surface area contributed by atoms with Gasteiger partial charge in [0.15, 0.2) is 0 Å². The Kier molecular flexibility index (Phi) is 10.8. The van der Waals surface area contributed by atoms with E-state index in [0.717, 1.165) is 56.5 Å². The summed E-state index contributed by atoms with van der Waals surface area (Å²) in [5.41, 5.74) is 21.7. The third-order valence-corrected chi connectivity index (χ3v) is 16.1. The first-order chi connectivity index (χ1) is 38.7. The third-order valence-electron chi connectivity index (χ3n) is 16.1. The molecule has 0 atom stereocenters. The number of anilines is 9. The van der Waals surface area contributed by atoms with E-state index in [9.17, 15) is 0 Å². The molecular formula is C75H51N3. The normalized spacial score (nSPS) is 12.7. The number of hydrogen-bond acceptors (Lipinski definition) is 3. The van der Waals surface area contributed by atoms with Crippen molar-refractivity contribution in [2.75, 3.05) is 14.7 Å². The van der Waals surface area contributed by atoms with Gasteiger partial charge in [-0.25, -0.2) is 0 Å². The van der Waals surface area contributed by atoms with Crippen molar-refractivity contribution in [2.45, 2.75) is 5.41 Å². The zero-order chi connectivity index (χ0) is 51.6. The lowest BCUT2D eigenvalue weighted by atomic mass is 9.64. The fraction of sp³-hybridized carbons (Fsp3) is 0.0133. The Labute approximate surface area is 455 Å². The molecule has 13 aromatic carbocycles. The smallest absolute Gasteiger partial charge is 0.0754 e. The molecule has 0 saturated heterocycles. The van der Waals surface area contributed by atoms with Gasteiger partial charge in [-0.1, -0.05) is 200 Å². The number of nitrogens with zero attached hydrogens (tertiary/aromatic N) is 3. The van der Waals surface area contributed by atoms with Crippen LogP contribution in [0.1, 0.15) is 22.3 Å². The van der Waals surface area contributed by atoms with Crippen LogP contribution < -0.4 is 14.7 Å². The second-order valence-corrected chi connectivity index (χ2v) is 20.5. The first-order valence-corrected chi connectivity index (χ1v) is 26.9. The van der Waals surface area contributed by atoms with Crippen LogP contribution in [0.25, 0.3) is 54.9 Å². The lowest BCUT2D eigenvalue weighted by Gasteiger charge is -2.45. The SMILES string of the molecule is c1ccc(N(c2cccc(-c3ccc4c(c3)-c3ccc(-c5cccc(N(c6ccccc6)c6ccc7ccccc7c6)c5)cc3C43c4ccccc4N(c4ccccc4)c4ccccc43)c2)c2ccc3ccccc3c2)cc1. The van der Waals surface area contributed by atoms with Gasteiger partial charge in [0.25, 0.3) is 0 Å². The highest BCUT2D eigenvalue weighted by atomic mass is 15.2. The van der Waals surface area contributed by atoms with Crippen molar-refractivity contribution in [2.24, 2.45) is 0 Å². The summed E-state index contributed by atoms with van der Waals surface area (Å²) < 4.78 is 0. The summed E-state index contributed by atoms with van der Waals surface area (Å²) in [4.78, 5) is 7.21. The summed E-state index contributed by atoms with van der Waals surface area (Å²) in [6.45, 7) is 0. The van der Waals surface area contributed by atoms with E-state index in [1.54, 1.807) is 0 Å². The van der Waals surface area contributed by atoms with Gasteiger partial charge >= 0.3 is 0 Å². The van der Waals surface area contributed by atoms with Crippen LogP contribution >= 0.6 is 0 Å². The molecular weight excluding hydrogens is 943 g/mol. The van der Waals surface area contributed by atoms with Gasteiger partial charge in [0.2, 0.25) is 0 Å². The molecule has 3 heteroatoms. The van der Waals surface area contributed by atoms with E-state index < -0.39 is 5.41 Å². The predicted molar refractivity (Wildman–Crippen MR) is 327 cm³/mol. The van der Waals surface area contributed by atoms with Crippen molar-refractivity contribution in [3.8, 4) is 33.4 Å². The van der Waals surface area contributed by atoms with Gasteiger partial charge < -0.3 is 14.7 Å². The first-order valence-electron chi connectivity index (χ1n) is 26.9. The van der Waals surface area contributed by atoms with Crippen molar-refractivity contribution < 1.29 is 0 Å². The minimum absolute atomic E-state index is 0.640. The number of para-hydroxylation sites is 5. The van der Waals surface area contributed by atoms with E-state index >= 15 is 0 Å². The Hall–Kier alpha value is -10.2. The molecule has 0 saturated carbocycles. The van der Waals surface area contributed by atoms with Crippen LogP contribution in [0, 0.1) is 0 Å². The zero-order valence-electron chi connectivity index (χ0n) is 42.8. The second-order valence-electron chi connectivity index (χ2n) is 20.5. The molecule has 0 amide bonds. The first kappa shape index (κ1) is 45.2. The highest BCUT2D eigenvalue weighted by molar-refractivity contribution is 5.99. The minimum Gasteiger partial charge on any atom is -0.310 e. The fourth-order valence-electron chi connectivity index (χ4n) is 12.7. The maximum Gasteiger partial charge on any atom is 0.0754 e. The summed E-state index contributed by atoms with van der Waals surface area (Å²) in [5, 5.41) is 4.87. The largest absolute Gasteiger partial charge is 0.310 e. The van der Waals surface area contributed by atoms with Crippen LogP contribution in [0.15, 0.2) is 309 Å². The van der Waals surface area contributed by atoms with Crippen molar-refractivity contribution in [1.82, 2.24) is 0 Å². The Bertz CT molecular complexity index is 4370. The Morgan fingerprint density at radius 2 is 0.654 bits per heavy atom. The maximum absolute atomic E-state index is 2.50. The van der Waals surface area contributed by atoms with E-state index in [1.165, 1.54) is 71.9 Å². The molecule has 366 valence electrons. The van der Waals surface area contributed by atoms with E-state index in [1.807, 2.05) is 0 Å². The maximum atomic E-state index is 2.50. The van der Waals surface area contributed by atoms with Crippen molar-refractivity contribution in [3.63, 3.8) is 0 Å². The molecule has 13 aromatic rings. The molecule has 1 aliphatic heterocycles. The van der Waals surface area contributed by atoms with Gasteiger partial charge in [-0.15, -0.1) is 0 Å². The van der Waals surface area contributed by atoms with Gasteiger partial charge in [-0.05, 0) is 186 Å². The second kappa shape index (κ2) is 18.6. The highest BCUT2D eigenvalue weighted by Crippen LogP contribution is 2.64. The number of fused-ring (bicyclic) bond motifs is 11. The lowest BCUT2D eigenvalue weighted by Crippen LogP contribution is -2.36. The Morgan fingerprint density at radius 3 is 1.21 bits per heavy atom. The van der Waals surface area contributed by atoms with Gasteiger partial charge in [-0.2, -0.15) is 0 Å². The van der Waals surface area contributed by atoms with Crippen molar-refractivity contribution in [3.05, 3.63) is 332 Å². The van der Waals surface area contributed by atoms with Gasteiger partial charge in [-0.3, -0.25) is 0 Å². The summed E-state index contributed by atoms with van der Waals surface area (Å²) in [6, 6.07) is 114. The average molecular weight is 994 g/mol. The van der Waals surface area contributed by atoms with Gasteiger partial charge in [0.1, 0.15) is 0 Å². The Morgan fingerprint density at radius 1 is 0.231 bits per heavy atom. The highest BCUT2D eigenvalue weighted by Gasteiger charge is 2.52. The average Bonchev–Trinajstić information content (AvgIpc) is 3.95. The number of hydrogen-bond donors (Lipinski definition) is 0. The van der Waals surface area contributed by atoms with Crippen LogP contribution in [0.5, 0.6) is 0 Å². The summed E-state index contributed by atoms with van der Waals surface area (Å²) in [7, 11) is 0. The fourth-order valence-corrected chi connectivity index (χ4v) is 12.7. The van der Waals surface area contributed by atoms with E-state index in [0.29, 0.717) is 0 Å². The number of rotatable bonds is 9. The van der Waals surface area contributed by atoms with Crippen LogP contribution in [0.2, 0.25) is 0 Å². The summed E-state index contributed by atoms with van der Waals surface area (Å²) in [6.07, 6.45) is 0. The standard InChI is InChI=1S/C75H51N3/c1-4-26-60(27-5-1)76(65-42-38-52-20-10-12-22-54(52)46-65)63-32-18-24-56(48-63)58-41-45-69-68(50-58)67-44-40-59(57-25-19-33-64(49-57)77(61-28-6-2-7-29-61)66-43-39-53-21-11-13-23-55(53)47-66)51-72(67)75(69)70-34-14-16-36-73(70)78(62-30-8-3-9-31-62)74-37-17-15-35-71(74)75/h1-51H. The molecule has 15 rings (SSSR count). The molecule has 0 N–H and O–H groups in total. The topological polar surface area (TPSA) is 9.72 Å². The molecule has 0 aromatic heterocycles. The molecule has 3 nitrogen and oxygen atoms in total. The van der Waals surface area contributed by atoms with Gasteiger partial charge in [0.05, 0.1) is 16.8 Å². The van der Waals surface area contributed by atoms with Crippen LogP contribution in [-0.2, 0) is 5.41 Å². The van der Waals surface area contributed by atoms with Crippen LogP contribution in [0.3, 0.4) is 0 Å². The van der Waals surface area contributed by atoms with Crippen molar-refractivity contribution >= 4 is 72.7 Å². The summed E-state index contributed by atoms with van der Waals surface area (Å²) >= 11 is 0. The minimum atomic E-state index is -0.640. The number of benzene rings is 13. The molecule has 1 aliphatic carbocycles. The Balaban J connectivity index is 0.918. The van der Waals surface area contributed by atoms with Crippen LogP contribution in [-0.4, -0.2) is 0 Å². The van der Waals surface area contributed by atoms with E-state index in [4.69, 9.17) is 0 Å². The monoisotopic (exact) mass is 993 g/mol. The molecule has 2 aliphatic rings. The van der Waals surface area contributed by atoms with E-state index in [2.05, 4.69) is 324 Å². The molecule has 0 radical (unpaired) electrons.